The zero-order chi connectivity index (χ0) is 19.1. The van der Waals surface area contributed by atoms with Gasteiger partial charge in [0.05, 0.1) is 32.0 Å². The van der Waals surface area contributed by atoms with E-state index in [1.807, 2.05) is 51.3 Å². The largest absolute Gasteiger partial charge is 0.377 e. The molecule has 0 aromatic heterocycles. The van der Waals surface area contributed by atoms with Crippen molar-refractivity contribution in [2.24, 2.45) is 0 Å². The number of carbonyl (C=O) groups excluding carboxylic acids is 2. The predicted octanol–water partition coefficient (Wildman–Crippen LogP) is 2.56. The summed E-state index contributed by atoms with van der Waals surface area (Å²) in [6, 6.07) is 0.256. The van der Waals surface area contributed by atoms with Gasteiger partial charge in [0.2, 0.25) is 11.8 Å². The number of morpholine rings is 2. The van der Waals surface area contributed by atoms with Crippen molar-refractivity contribution in [3.05, 3.63) is 0 Å². The topological polar surface area (TPSA) is 59.1 Å². The number of hydrogen-bond donors (Lipinski definition) is 0. The van der Waals surface area contributed by atoms with Gasteiger partial charge >= 0.3 is 0 Å². The predicted molar refractivity (Wildman–Crippen MR) is 98.0 cm³/mol. The maximum Gasteiger partial charge on any atom is 0.219 e. The molecule has 0 radical (unpaired) electrons. The molecule has 0 bridgehead atoms. The van der Waals surface area contributed by atoms with Gasteiger partial charge in [-0.05, 0) is 13.8 Å². The molecule has 0 spiro atoms. The van der Waals surface area contributed by atoms with E-state index in [9.17, 15) is 9.59 Å². The summed E-state index contributed by atoms with van der Waals surface area (Å²) in [5.41, 5.74) is 0. The van der Waals surface area contributed by atoms with E-state index in [-0.39, 0.29) is 24.0 Å². The van der Waals surface area contributed by atoms with Gasteiger partial charge in [-0.3, -0.25) is 9.59 Å². The summed E-state index contributed by atoms with van der Waals surface area (Å²) in [7, 11) is 0. The maximum absolute atomic E-state index is 10.9. The first-order chi connectivity index (χ1) is 11.4. The molecule has 0 N–H and O–H groups in total. The van der Waals surface area contributed by atoms with Crippen LogP contribution in [0.2, 0.25) is 0 Å². The van der Waals surface area contributed by atoms with Crippen molar-refractivity contribution in [1.29, 1.82) is 0 Å². The van der Waals surface area contributed by atoms with Crippen molar-refractivity contribution in [2.45, 2.75) is 67.5 Å². The highest BCUT2D eigenvalue weighted by atomic mass is 16.5. The van der Waals surface area contributed by atoms with Gasteiger partial charge in [0, 0.05) is 33.5 Å². The molecule has 144 valence electrons. The van der Waals surface area contributed by atoms with E-state index >= 15 is 0 Å². The first-order valence-electron chi connectivity index (χ1n) is 9.14. The third-order valence-electron chi connectivity index (χ3n) is 3.46. The van der Waals surface area contributed by atoms with Gasteiger partial charge in [-0.1, -0.05) is 27.7 Å². The van der Waals surface area contributed by atoms with E-state index in [0.717, 1.165) is 19.6 Å². The number of amides is 2. The van der Waals surface area contributed by atoms with Crippen LogP contribution in [0, 0.1) is 0 Å². The summed E-state index contributed by atoms with van der Waals surface area (Å²) in [5, 5.41) is 0. The van der Waals surface area contributed by atoms with Crippen molar-refractivity contribution in [3.63, 3.8) is 0 Å². The molecule has 2 amide bonds. The molecule has 6 nitrogen and oxygen atoms in total. The minimum Gasteiger partial charge on any atom is -0.377 e. The summed E-state index contributed by atoms with van der Waals surface area (Å²) >= 11 is 0. The molecule has 2 fully saturated rings. The lowest BCUT2D eigenvalue weighted by molar-refractivity contribution is -0.137. The average molecular weight is 347 g/mol. The molecule has 0 unspecified atom stereocenters. The summed E-state index contributed by atoms with van der Waals surface area (Å²) in [5.74, 6) is 0.297. The Labute approximate surface area is 148 Å². The second kappa shape index (κ2) is 15.4. The zero-order valence-electron chi connectivity index (χ0n) is 16.9. The van der Waals surface area contributed by atoms with Gasteiger partial charge < -0.3 is 19.3 Å². The molecule has 2 aliphatic heterocycles. The number of nitrogens with zero attached hydrogens (tertiary/aromatic N) is 2. The van der Waals surface area contributed by atoms with Crippen LogP contribution < -0.4 is 0 Å². The molecule has 0 aromatic rings. The smallest absolute Gasteiger partial charge is 0.219 e. The molecule has 2 rings (SSSR count). The molecular formula is C18H38N2O4. The first-order valence-corrected chi connectivity index (χ1v) is 9.14. The Hall–Kier alpha value is -1.14. The van der Waals surface area contributed by atoms with E-state index in [1.54, 1.807) is 13.8 Å². The molecule has 2 aliphatic rings. The molecule has 0 aromatic carbocycles. The second-order valence-electron chi connectivity index (χ2n) is 5.28. The fourth-order valence-corrected chi connectivity index (χ4v) is 2.30. The molecule has 6 heteroatoms. The van der Waals surface area contributed by atoms with Crippen LogP contribution in [0.4, 0.5) is 0 Å². The number of ether oxygens (including phenoxy) is 2. The molecule has 2 saturated heterocycles. The molecular weight excluding hydrogens is 308 g/mol. The van der Waals surface area contributed by atoms with Gasteiger partial charge in [-0.15, -0.1) is 0 Å². The van der Waals surface area contributed by atoms with Gasteiger partial charge in [0.1, 0.15) is 0 Å². The Morgan fingerprint density at radius 1 is 0.917 bits per heavy atom. The van der Waals surface area contributed by atoms with Crippen LogP contribution in [0.3, 0.4) is 0 Å². The molecule has 2 heterocycles. The highest BCUT2D eigenvalue weighted by molar-refractivity contribution is 5.73. The van der Waals surface area contributed by atoms with Crippen LogP contribution in [-0.2, 0) is 19.1 Å². The van der Waals surface area contributed by atoms with Crippen molar-refractivity contribution in [1.82, 2.24) is 9.80 Å². The normalized spacial score (nSPS) is 22.7. The van der Waals surface area contributed by atoms with Gasteiger partial charge in [-0.2, -0.15) is 0 Å². The third-order valence-corrected chi connectivity index (χ3v) is 3.46. The van der Waals surface area contributed by atoms with E-state index in [4.69, 9.17) is 9.47 Å². The van der Waals surface area contributed by atoms with Crippen LogP contribution in [-0.4, -0.2) is 73.2 Å². The highest BCUT2D eigenvalue weighted by Gasteiger charge is 2.20. The zero-order valence-corrected chi connectivity index (χ0v) is 16.9. The van der Waals surface area contributed by atoms with Gasteiger partial charge in [-0.25, -0.2) is 0 Å². The summed E-state index contributed by atoms with van der Waals surface area (Å²) in [6.45, 7) is 19.5. The monoisotopic (exact) mass is 346 g/mol. The average Bonchev–Trinajstić information content (AvgIpc) is 2.59. The third kappa shape index (κ3) is 10.6. The lowest BCUT2D eigenvalue weighted by Gasteiger charge is -2.32. The van der Waals surface area contributed by atoms with Crippen molar-refractivity contribution in [3.8, 4) is 0 Å². The lowest BCUT2D eigenvalue weighted by atomic mass is 10.2. The van der Waals surface area contributed by atoms with E-state index in [0.29, 0.717) is 19.8 Å². The van der Waals surface area contributed by atoms with Crippen molar-refractivity contribution in [2.75, 3.05) is 39.5 Å². The summed E-state index contributed by atoms with van der Waals surface area (Å²) < 4.78 is 10.4. The number of hydrogen-bond acceptors (Lipinski definition) is 4. The Kier molecular flexibility index (Phi) is 16.1. The van der Waals surface area contributed by atoms with Crippen LogP contribution >= 0.6 is 0 Å². The molecule has 0 saturated carbocycles. The number of rotatable bonds is 0. The van der Waals surface area contributed by atoms with Crippen molar-refractivity contribution < 1.29 is 19.1 Å². The standard InChI is InChI=1S/2C7H13NO2.2C2H6/c1-6-5-10-4-3-8(6)7(2)9;1-6-5-8(7(2)9)3-4-10-6;2*1-2/h2*6H,3-5H2,1-2H3;2*1-2H3/t2*6-;;/m10../s1. The molecule has 2 atom stereocenters. The molecule has 24 heavy (non-hydrogen) atoms. The first kappa shape index (κ1) is 25.1. The molecule has 0 aliphatic carbocycles. The van der Waals surface area contributed by atoms with Crippen LogP contribution in [0.15, 0.2) is 0 Å². The van der Waals surface area contributed by atoms with Crippen LogP contribution in [0.25, 0.3) is 0 Å². The maximum atomic E-state index is 10.9. The fraction of sp³-hybridized carbons (Fsp3) is 0.889. The Morgan fingerprint density at radius 3 is 1.83 bits per heavy atom. The lowest BCUT2D eigenvalue weighted by Crippen LogP contribution is -2.46. The van der Waals surface area contributed by atoms with Crippen LogP contribution in [0.1, 0.15) is 55.4 Å². The number of carbonyl (C=O) groups is 2. The quantitative estimate of drug-likeness (QED) is 0.676. The Morgan fingerprint density at radius 2 is 1.50 bits per heavy atom. The second-order valence-corrected chi connectivity index (χ2v) is 5.28. The minimum absolute atomic E-state index is 0.148. The van der Waals surface area contributed by atoms with E-state index in [1.165, 1.54) is 0 Å². The van der Waals surface area contributed by atoms with E-state index < -0.39 is 0 Å². The minimum atomic E-state index is 0.148. The van der Waals surface area contributed by atoms with Crippen molar-refractivity contribution >= 4 is 11.8 Å². The SMILES string of the molecule is CC.CC.CC(=O)N1CCOC[C@H]1C.CC(=O)N1CCO[C@@H](C)C1. The van der Waals surface area contributed by atoms with Crippen LogP contribution in [0.5, 0.6) is 0 Å². The Balaban J connectivity index is 0. The fourth-order valence-electron chi connectivity index (χ4n) is 2.30. The Bertz CT molecular complexity index is 337. The summed E-state index contributed by atoms with van der Waals surface area (Å²) in [4.78, 5) is 25.3. The van der Waals surface area contributed by atoms with E-state index in [2.05, 4.69) is 0 Å². The summed E-state index contributed by atoms with van der Waals surface area (Å²) in [6.07, 6.45) is 0.206. The van der Waals surface area contributed by atoms with Gasteiger partial charge in [0.15, 0.2) is 0 Å². The van der Waals surface area contributed by atoms with Gasteiger partial charge in [0.25, 0.3) is 0 Å². The highest BCUT2D eigenvalue weighted by Crippen LogP contribution is 2.05.